The van der Waals surface area contributed by atoms with E-state index in [1.165, 1.54) is 19.2 Å². The maximum absolute atomic E-state index is 12.5. The number of nitrogens with two attached hydrogens (primary N) is 1. The van der Waals surface area contributed by atoms with Gasteiger partial charge in [0, 0.05) is 28.0 Å². The standard InChI is InChI=1S/C16H20Br2N2O5/c1-16(2,3)25-15(24)20(4)11(14(22)23)7-12(21)8-5-9(17)13(19)10(18)6-8/h5-6,11H,7,19H2,1-4H3,(H,22,23)/t11-/m1/s1. The predicted molar refractivity (Wildman–Crippen MR) is 101 cm³/mol. The molecule has 0 bridgehead atoms. The molecule has 0 radical (unpaired) electrons. The Labute approximate surface area is 162 Å². The minimum atomic E-state index is -1.35. The van der Waals surface area contributed by atoms with Crippen molar-refractivity contribution in [3.63, 3.8) is 0 Å². The summed E-state index contributed by atoms with van der Waals surface area (Å²) < 4.78 is 6.18. The number of anilines is 1. The molecule has 0 aliphatic carbocycles. The maximum atomic E-state index is 12.5. The lowest BCUT2D eigenvalue weighted by Crippen LogP contribution is -2.45. The Kier molecular flexibility index (Phi) is 7.01. The zero-order valence-electron chi connectivity index (χ0n) is 14.3. The number of nitrogens with zero attached hydrogens (tertiary/aromatic N) is 1. The number of halogens is 2. The number of aliphatic carboxylic acids is 1. The first-order chi connectivity index (χ1) is 11.3. The summed E-state index contributed by atoms with van der Waals surface area (Å²) >= 11 is 6.47. The second-order valence-electron chi connectivity index (χ2n) is 6.43. The maximum Gasteiger partial charge on any atom is 0.410 e. The minimum absolute atomic E-state index is 0.275. The number of hydrogen-bond acceptors (Lipinski definition) is 5. The van der Waals surface area contributed by atoms with E-state index in [-0.39, 0.29) is 5.56 Å². The summed E-state index contributed by atoms with van der Waals surface area (Å²) in [6.45, 7) is 5.01. The molecule has 0 fully saturated rings. The molecular weight excluding hydrogens is 460 g/mol. The van der Waals surface area contributed by atoms with Crippen LogP contribution in [0.3, 0.4) is 0 Å². The van der Waals surface area contributed by atoms with Crippen LogP contribution in [0, 0.1) is 0 Å². The van der Waals surface area contributed by atoms with E-state index in [4.69, 9.17) is 10.5 Å². The SMILES string of the molecule is CN(C(=O)OC(C)(C)C)[C@H](CC(=O)c1cc(Br)c(N)c(Br)c1)C(=O)O. The van der Waals surface area contributed by atoms with Crippen molar-refractivity contribution in [2.45, 2.75) is 38.8 Å². The molecule has 0 heterocycles. The molecule has 1 amide bonds. The van der Waals surface area contributed by atoms with Crippen LogP contribution in [0.1, 0.15) is 37.6 Å². The molecule has 1 rings (SSSR count). The summed E-state index contributed by atoms with van der Waals surface area (Å²) in [5, 5.41) is 9.40. The molecule has 1 aromatic carbocycles. The molecule has 9 heteroatoms. The van der Waals surface area contributed by atoms with Crippen molar-refractivity contribution in [3.05, 3.63) is 26.6 Å². The highest BCUT2D eigenvalue weighted by molar-refractivity contribution is 9.11. The van der Waals surface area contributed by atoms with Gasteiger partial charge in [0.15, 0.2) is 5.78 Å². The Balaban J connectivity index is 3.00. The number of hydrogen-bond donors (Lipinski definition) is 2. The molecule has 0 spiro atoms. The number of carbonyl (C=O) groups excluding carboxylic acids is 2. The average Bonchev–Trinajstić information content (AvgIpc) is 2.46. The van der Waals surface area contributed by atoms with E-state index >= 15 is 0 Å². The number of nitrogen functional groups attached to an aromatic ring is 1. The molecule has 0 saturated heterocycles. The third-order valence-corrected chi connectivity index (χ3v) is 4.53. The van der Waals surface area contributed by atoms with E-state index in [2.05, 4.69) is 31.9 Å². The number of benzene rings is 1. The zero-order valence-corrected chi connectivity index (χ0v) is 17.5. The van der Waals surface area contributed by atoms with Crippen molar-refractivity contribution in [3.8, 4) is 0 Å². The molecular formula is C16H20Br2N2O5. The van der Waals surface area contributed by atoms with Gasteiger partial charge in [-0.2, -0.15) is 0 Å². The predicted octanol–water partition coefficient (Wildman–Crippen LogP) is 3.69. The fourth-order valence-electron chi connectivity index (χ4n) is 1.89. The van der Waals surface area contributed by atoms with Crippen LogP contribution in [0.4, 0.5) is 10.5 Å². The molecule has 25 heavy (non-hydrogen) atoms. The molecule has 1 atom stereocenters. The van der Waals surface area contributed by atoms with Crippen LogP contribution in [-0.2, 0) is 9.53 Å². The summed E-state index contributed by atoms with van der Waals surface area (Å²) in [5.74, 6) is -1.74. The van der Waals surface area contributed by atoms with Gasteiger partial charge in [-0.3, -0.25) is 9.69 Å². The largest absolute Gasteiger partial charge is 0.480 e. The number of ketones is 1. The summed E-state index contributed by atoms with van der Waals surface area (Å²) in [4.78, 5) is 37.0. The van der Waals surface area contributed by atoms with Crippen LogP contribution in [-0.4, -0.2) is 46.5 Å². The first kappa shape index (κ1) is 21.4. The normalized spacial score (nSPS) is 12.4. The number of ether oxygens (including phenoxy) is 1. The number of carboxylic acid groups (broad SMARTS) is 1. The van der Waals surface area contributed by atoms with Gasteiger partial charge in [0.2, 0.25) is 0 Å². The topological polar surface area (TPSA) is 110 Å². The van der Waals surface area contributed by atoms with Gasteiger partial charge in [0.05, 0.1) is 5.69 Å². The van der Waals surface area contributed by atoms with Crippen LogP contribution in [0.2, 0.25) is 0 Å². The third kappa shape index (κ3) is 6.00. The van der Waals surface area contributed by atoms with Crippen molar-refractivity contribution in [1.29, 1.82) is 0 Å². The highest BCUT2D eigenvalue weighted by Gasteiger charge is 2.32. The van der Waals surface area contributed by atoms with Crippen LogP contribution in [0.25, 0.3) is 0 Å². The van der Waals surface area contributed by atoms with Crippen LogP contribution in [0.15, 0.2) is 21.1 Å². The monoisotopic (exact) mass is 478 g/mol. The molecule has 7 nitrogen and oxygen atoms in total. The van der Waals surface area contributed by atoms with Crippen molar-refractivity contribution in [2.24, 2.45) is 0 Å². The number of carbonyl (C=O) groups is 3. The van der Waals surface area contributed by atoms with E-state index < -0.39 is 35.9 Å². The zero-order chi connectivity index (χ0) is 19.5. The molecule has 0 aliphatic rings. The van der Waals surface area contributed by atoms with Crippen molar-refractivity contribution < 1.29 is 24.2 Å². The Morgan fingerprint density at radius 2 is 1.72 bits per heavy atom. The Bertz CT molecular complexity index is 677. The van der Waals surface area contributed by atoms with E-state index in [1.54, 1.807) is 20.8 Å². The Morgan fingerprint density at radius 3 is 2.12 bits per heavy atom. The number of likely N-dealkylation sites (N-methyl/N-ethyl adjacent to an activating group) is 1. The van der Waals surface area contributed by atoms with Gasteiger partial charge in [-0.1, -0.05) is 0 Å². The Hall–Kier alpha value is -1.61. The first-order valence-electron chi connectivity index (χ1n) is 7.30. The number of rotatable bonds is 5. The number of Topliss-reactive ketones (excluding diaryl/α,β-unsaturated/α-hetero) is 1. The van der Waals surface area contributed by atoms with Crippen molar-refractivity contribution in [2.75, 3.05) is 12.8 Å². The summed E-state index contributed by atoms with van der Waals surface area (Å²) in [6, 6.07) is 1.67. The van der Waals surface area contributed by atoms with Crippen LogP contribution < -0.4 is 5.73 Å². The molecule has 0 aliphatic heterocycles. The second kappa shape index (κ2) is 8.18. The van der Waals surface area contributed by atoms with Gasteiger partial charge < -0.3 is 15.6 Å². The molecule has 0 unspecified atom stereocenters. The van der Waals surface area contributed by atoms with Crippen molar-refractivity contribution >= 4 is 55.4 Å². The lowest BCUT2D eigenvalue weighted by atomic mass is 10.0. The van der Waals surface area contributed by atoms with Gasteiger partial charge in [-0.15, -0.1) is 0 Å². The number of amides is 1. The summed E-state index contributed by atoms with van der Waals surface area (Å²) in [6.07, 6.45) is -1.21. The van der Waals surface area contributed by atoms with Gasteiger partial charge in [0.1, 0.15) is 11.6 Å². The fourth-order valence-corrected chi connectivity index (χ4v) is 3.08. The molecule has 0 saturated carbocycles. The van der Waals surface area contributed by atoms with Gasteiger partial charge >= 0.3 is 12.1 Å². The molecule has 1 aromatic rings. The first-order valence-corrected chi connectivity index (χ1v) is 8.88. The van der Waals surface area contributed by atoms with E-state index in [0.29, 0.717) is 14.6 Å². The average molecular weight is 480 g/mol. The van der Waals surface area contributed by atoms with Crippen LogP contribution in [0.5, 0.6) is 0 Å². The number of carboxylic acids is 1. The van der Waals surface area contributed by atoms with Crippen LogP contribution >= 0.6 is 31.9 Å². The van der Waals surface area contributed by atoms with E-state index in [0.717, 1.165) is 4.90 Å². The van der Waals surface area contributed by atoms with E-state index in [1.807, 2.05) is 0 Å². The molecule has 138 valence electrons. The summed E-state index contributed by atoms with van der Waals surface area (Å²) in [7, 11) is 1.29. The third-order valence-electron chi connectivity index (χ3n) is 3.21. The van der Waals surface area contributed by atoms with E-state index in [9.17, 15) is 19.5 Å². The van der Waals surface area contributed by atoms with Crippen molar-refractivity contribution in [1.82, 2.24) is 4.90 Å². The second-order valence-corrected chi connectivity index (χ2v) is 8.13. The highest BCUT2D eigenvalue weighted by atomic mass is 79.9. The summed E-state index contributed by atoms with van der Waals surface area (Å²) in [5.41, 5.74) is 5.71. The minimum Gasteiger partial charge on any atom is -0.480 e. The van der Waals surface area contributed by atoms with Gasteiger partial charge in [0.25, 0.3) is 0 Å². The highest BCUT2D eigenvalue weighted by Crippen LogP contribution is 2.30. The lowest BCUT2D eigenvalue weighted by molar-refractivity contribution is -0.142. The lowest BCUT2D eigenvalue weighted by Gasteiger charge is -2.28. The molecule has 3 N–H and O–H groups in total. The quantitative estimate of drug-likeness (QED) is 0.492. The van der Waals surface area contributed by atoms with Gasteiger partial charge in [-0.05, 0) is 64.8 Å². The smallest absolute Gasteiger partial charge is 0.410 e. The molecule has 0 aromatic heterocycles. The van der Waals surface area contributed by atoms with Gasteiger partial charge in [-0.25, -0.2) is 9.59 Å². The Morgan fingerprint density at radius 1 is 1.24 bits per heavy atom. The fraction of sp³-hybridized carbons (Fsp3) is 0.438.